The summed E-state index contributed by atoms with van der Waals surface area (Å²) in [5, 5.41) is 23.8. The number of ether oxygens (including phenoxy) is 1. The number of aliphatic hydroxyl groups excluding tert-OH is 1. The fourth-order valence-electron chi connectivity index (χ4n) is 7.55. The lowest BCUT2D eigenvalue weighted by molar-refractivity contribution is -0.200. The number of ketones is 1. The average molecular weight is 483 g/mol. The van der Waals surface area contributed by atoms with Gasteiger partial charge in [-0.1, -0.05) is 70.9 Å². The van der Waals surface area contributed by atoms with Crippen LogP contribution in [0.2, 0.25) is 0 Å². The van der Waals surface area contributed by atoms with Gasteiger partial charge in [-0.25, -0.2) is 4.79 Å². The van der Waals surface area contributed by atoms with Gasteiger partial charge in [0.1, 0.15) is 6.10 Å². The topological polar surface area (TPSA) is 83.8 Å². The molecule has 0 unspecified atom stereocenters. The van der Waals surface area contributed by atoms with Crippen molar-refractivity contribution in [3.63, 3.8) is 0 Å². The molecule has 4 aliphatic rings. The van der Waals surface area contributed by atoms with Crippen molar-refractivity contribution in [3.05, 3.63) is 47.6 Å². The monoisotopic (exact) mass is 482 g/mol. The van der Waals surface area contributed by atoms with Crippen molar-refractivity contribution in [2.75, 3.05) is 0 Å². The molecular formula is C30H42O5. The maximum absolute atomic E-state index is 14.3. The first kappa shape index (κ1) is 26.1. The molecule has 2 bridgehead atoms. The van der Waals surface area contributed by atoms with Gasteiger partial charge in [0.2, 0.25) is 0 Å². The molecule has 4 aliphatic carbocycles. The van der Waals surface area contributed by atoms with Crippen LogP contribution in [0.4, 0.5) is 0 Å². The van der Waals surface area contributed by atoms with E-state index >= 15 is 0 Å². The van der Waals surface area contributed by atoms with E-state index in [1.807, 2.05) is 31.2 Å². The van der Waals surface area contributed by atoms with E-state index in [9.17, 15) is 19.8 Å². The van der Waals surface area contributed by atoms with E-state index in [0.29, 0.717) is 17.1 Å². The van der Waals surface area contributed by atoms with Crippen LogP contribution in [0.5, 0.6) is 0 Å². The largest absolute Gasteiger partial charge is 0.451 e. The highest BCUT2D eigenvalue weighted by molar-refractivity contribution is 5.95. The van der Waals surface area contributed by atoms with E-state index in [2.05, 4.69) is 20.8 Å². The van der Waals surface area contributed by atoms with Crippen LogP contribution >= 0.6 is 0 Å². The molecule has 0 amide bonds. The minimum atomic E-state index is -1.94. The molecule has 2 fully saturated rings. The zero-order chi connectivity index (χ0) is 25.8. The van der Waals surface area contributed by atoms with Gasteiger partial charge in [0.25, 0.3) is 0 Å². The number of aliphatic hydroxyl groups is 2. The summed E-state index contributed by atoms with van der Waals surface area (Å²) in [4.78, 5) is 27.0. The molecule has 0 heterocycles. The Balaban J connectivity index is 1.63. The van der Waals surface area contributed by atoms with Gasteiger partial charge in [0.15, 0.2) is 17.5 Å². The third-order valence-corrected chi connectivity index (χ3v) is 9.53. The molecule has 0 aromatic carbocycles. The summed E-state index contributed by atoms with van der Waals surface area (Å²) in [5.74, 6) is -0.627. The summed E-state index contributed by atoms with van der Waals surface area (Å²) in [6, 6.07) is 0. The Labute approximate surface area is 210 Å². The highest BCUT2D eigenvalue weighted by Gasteiger charge is 2.76. The van der Waals surface area contributed by atoms with E-state index in [1.54, 1.807) is 19.9 Å². The minimum absolute atomic E-state index is 0.0510. The highest BCUT2D eigenvalue weighted by Crippen LogP contribution is 2.71. The minimum Gasteiger partial charge on any atom is -0.451 e. The Morgan fingerprint density at radius 1 is 1.20 bits per heavy atom. The highest BCUT2D eigenvalue weighted by atomic mass is 16.6. The van der Waals surface area contributed by atoms with Crippen LogP contribution in [0.25, 0.3) is 0 Å². The SMILES string of the molecule is CCCCC/C=C\C=C\C(=O)O[C@H]1C(C)=C[C@]23C(=O)[C@H](C=C(C)[C@@H](O)[C@]12O)[C@H]1[C@@H](C[C@H]3C)C1(C)C. The lowest BCUT2D eigenvalue weighted by Crippen LogP contribution is -2.65. The number of allylic oxidation sites excluding steroid dienone is 4. The molecule has 0 aliphatic heterocycles. The van der Waals surface area contributed by atoms with E-state index < -0.39 is 29.2 Å². The molecule has 35 heavy (non-hydrogen) atoms. The van der Waals surface area contributed by atoms with Crippen molar-refractivity contribution in [1.29, 1.82) is 0 Å². The number of Topliss-reactive ketones (excluding diaryl/α,β-unsaturated/α-hetero) is 1. The molecule has 0 aromatic rings. The molecule has 0 aromatic heterocycles. The fourth-order valence-corrected chi connectivity index (χ4v) is 7.55. The second kappa shape index (κ2) is 9.15. The molecule has 4 rings (SSSR count). The van der Waals surface area contributed by atoms with Crippen molar-refractivity contribution < 1.29 is 24.5 Å². The number of hydrogen-bond acceptors (Lipinski definition) is 5. The van der Waals surface area contributed by atoms with Crippen LogP contribution in [-0.4, -0.2) is 39.8 Å². The number of fused-ring (bicyclic) bond motifs is 3. The summed E-state index contributed by atoms with van der Waals surface area (Å²) < 4.78 is 5.80. The first-order chi connectivity index (χ1) is 16.4. The van der Waals surface area contributed by atoms with Crippen molar-refractivity contribution in [3.8, 4) is 0 Å². The molecule has 0 saturated heterocycles. The van der Waals surface area contributed by atoms with Gasteiger partial charge in [0, 0.05) is 12.0 Å². The predicted octanol–water partition coefficient (Wildman–Crippen LogP) is 5.09. The summed E-state index contributed by atoms with van der Waals surface area (Å²) in [5.41, 5.74) is -2.00. The van der Waals surface area contributed by atoms with E-state index in [0.717, 1.165) is 25.7 Å². The summed E-state index contributed by atoms with van der Waals surface area (Å²) in [6.45, 7) is 12.1. The van der Waals surface area contributed by atoms with Crippen LogP contribution in [0, 0.1) is 34.5 Å². The summed E-state index contributed by atoms with van der Waals surface area (Å²) in [7, 11) is 0. The molecule has 1 spiro atoms. The molecule has 5 heteroatoms. The molecule has 0 radical (unpaired) electrons. The van der Waals surface area contributed by atoms with Crippen LogP contribution < -0.4 is 0 Å². The Bertz CT molecular complexity index is 1000. The second-order valence-electron chi connectivity index (χ2n) is 12.0. The Hall–Kier alpha value is -1.98. The van der Waals surface area contributed by atoms with Gasteiger partial charge in [-0.3, -0.25) is 4.79 Å². The van der Waals surface area contributed by atoms with Crippen molar-refractivity contribution in [1.82, 2.24) is 0 Å². The van der Waals surface area contributed by atoms with Crippen LogP contribution in [-0.2, 0) is 14.3 Å². The standard InChI is InChI=1S/C30H42O5/c1-7-8-9-10-11-12-13-14-23(31)35-27-19(3)17-29-20(4)16-22-24(28(22,5)6)21(26(29)33)15-18(2)25(32)30(27,29)34/h11-15,17,20-22,24-25,27,32,34H,7-10,16H2,1-6H3/b12-11-,14-13+/t20-,21-,22-,24+,25-,27+,29+,30+/m1/s1. The molecule has 5 nitrogen and oxygen atoms in total. The van der Waals surface area contributed by atoms with Crippen LogP contribution in [0.15, 0.2) is 47.6 Å². The van der Waals surface area contributed by atoms with Crippen molar-refractivity contribution >= 4 is 11.8 Å². The van der Waals surface area contributed by atoms with Crippen molar-refractivity contribution in [2.24, 2.45) is 34.5 Å². The number of esters is 1. The van der Waals surface area contributed by atoms with Gasteiger partial charge in [-0.2, -0.15) is 0 Å². The normalized spacial score (nSPS) is 41.7. The first-order valence-corrected chi connectivity index (χ1v) is 13.3. The number of carbonyl (C=O) groups excluding carboxylic acids is 2. The summed E-state index contributed by atoms with van der Waals surface area (Å²) in [6.07, 6.45) is 13.3. The number of hydrogen-bond donors (Lipinski definition) is 2. The maximum Gasteiger partial charge on any atom is 0.331 e. The first-order valence-electron chi connectivity index (χ1n) is 13.3. The van der Waals surface area contributed by atoms with E-state index in [1.165, 1.54) is 12.5 Å². The maximum atomic E-state index is 14.3. The number of rotatable bonds is 7. The van der Waals surface area contributed by atoms with Gasteiger partial charge in [-0.15, -0.1) is 0 Å². The average Bonchev–Trinajstić information content (AvgIpc) is 3.29. The smallest absolute Gasteiger partial charge is 0.331 e. The van der Waals surface area contributed by atoms with Crippen LogP contribution in [0.3, 0.4) is 0 Å². The Kier molecular flexibility index (Phi) is 6.82. The van der Waals surface area contributed by atoms with Gasteiger partial charge >= 0.3 is 5.97 Å². The molecule has 192 valence electrons. The van der Waals surface area contributed by atoms with Gasteiger partial charge in [-0.05, 0) is 67.4 Å². The van der Waals surface area contributed by atoms with E-state index in [-0.39, 0.29) is 29.0 Å². The molecule has 2 N–H and O–H groups in total. The van der Waals surface area contributed by atoms with Crippen LogP contribution in [0.1, 0.15) is 73.6 Å². The van der Waals surface area contributed by atoms with E-state index in [4.69, 9.17) is 4.74 Å². The lowest BCUT2D eigenvalue weighted by Gasteiger charge is -2.48. The quantitative estimate of drug-likeness (QED) is 0.174. The second-order valence-corrected chi connectivity index (χ2v) is 12.0. The zero-order valence-electron chi connectivity index (χ0n) is 22.1. The number of carbonyl (C=O) groups is 2. The zero-order valence-corrected chi connectivity index (χ0v) is 22.1. The Morgan fingerprint density at radius 3 is 2.60 bits per heavy atom. The molecule has 8 atom stereocenters. The fraction of sp³-hybridized carbons (Fsp3) is 0.667. The third kappa shape index (κ3) is 3.81. The number of unbranched alkanes of at least 4 members (excludes halogenated alkanes) is 3. The molecule has 2 saturated carbocycles. The Morgan fingerprint density at radius 2 is 1.91 bits per heavy atom. The van der Waals surface area contributed by atoms with Gasteiger partial charge in [0.05, 0.1) is 5.41 Å². The van der Waals surface area contributed by atoms with Gasteiger partial charge < -0.3 is 14.9 Å². The van der Waals surface area contributed by atoms with Crippen molar-refractivity contribution in [2.45, 2.75) is 91.5 Å². The predicted molar refractivity (Wildman–Crippen MR) is 136 cm³/mol. The summed E-state index contributed by atoms with van der Waals surface area (Å²) >= 11 is 0. The molecular weight excluding hydrogens is 440 g/mol. The third-order valence-electron chi connectivity index (χ3n) is 9.53. The lowest BCUT2D eigenvalue weighted by atomic mass is 9.59.